The van der Waals surface area contributed by atoms with Gasteiger partial charge in [0.2, 0.25) is 0 Å². The summed E-state index contributed by atoms with van der Waals surface area (Å²) in [5.41, 5.74) is 1.78. The van der Waals surface area contributed by atoms with E-state index in [0.717, 1.165) is 12.5 Å². The molecule has 4 rings (SSSR count). The Balaban J connectivity index is 1.43. The number of rotatable bonds is 5. The molecule has 0 atom stereocenters. The molecule has 22 heavy (non-hydrogen) atoms. The average Bonchev–Trinajstić information content (AvgIpc) is 3.47. The minimum atomic E-state index is 0.315. The molecule has 0 saturated heterocycles. The predicted molar refractivity (Wildman–Crippen MR) is 91.2 cm³/mol. The van der Waals surface area contributed by atoms with Gasteiger partial charge in [-0.3, -0.25) is 4.99 Å². The molecule has 0 spiro atoms. The van der Waals surface area contributed by atoms with Gasteiger partial charge in [0.1, 0.15) is 0 Å². The molecule has 0 aromatic heterocycles. The van der Waals surface area contributed by atoms with Gasteiger partial charge >= 0.3 is 0 Å². The highest BCUT2D eigenvalue weighted by atomic mass is 15.2. The molecule has 3 saturated carbocycles. The van der Waals surface area contributed by atoms with Crippen molar-refractivity contribution in [2.75, 3.05) is 6.54 Å². The lowest BCUT2D eigenvalue weighted by Crippen LogP contribution is -2.43. The maximum Gasteiger partial charge on any atom is 0.191 e. The summed E-state index contributed by atoms with van der Waals surface area (Å²) < 4.78 is 0. The highest BCUT2D eigenvalue weighted by Crippen LogP contribution is 2.48. The van der Waals surface area contributed by atoms with Gasteiger partial charge in [0.05, 0.1) is 6.54 Å². The summed E-state index contributed by atoms with van der Waals surface area (Å²) in [6, 6.07) is 12.2. The Bertz CT molecular complexity index is 523. The van der Waals surface area contributed by atoms with E-state index in [0.29, 0.717) is 17.5 Å². The largest absolute Gasteiger partial charge is 0.354 e. The van der Waals surface area contributed by atoms with Crippen molar-refractivity contribution in [1.82, 2.24) is 10.6 Å². The fourth-order valence-corrected chi connectivity index (χ4v) is 3.53. The molecule has 3 aliphatic rings. The number of nitrogens with one attached hydrogen (secondary N) is 2. The van der Waals surface area contributed by atoms with Gasteiger partial charge in [0.25, 0.3) is 0 Å². The van der Waals surface area contributed by atoms with Crippen LogP contribution < -0.4 is 10.6 Å². The topological polar surface area (TPSA) is 36.4 Å². The molecular weight excluding hydrogens is 270 g/mol. The second-order valence-corrected chi connectivity index (χ2v) is 7.36. The molecule has 0 unspecified atom stereocenters. The summed E-state index contributed by atoms with van der Waals surface area (Å²) in [6.45, 7) is 0.922. The first kappa shape index (κ1) is 14.1. The van der Waals surface area contributed by atoms with Crippen molar-refractivity contribution in [1.29, 1.82) is 0 Å². The summed E-state index contributed by atoms with van der Waals surface area (Å²) in [5, 5.41) is 7.29. The lowest BCUT2D eigenvalue weighted by molar-refractivity contribution is 0.605. The molecule has 0 heterocycles. The van der Waals surface area contributed by atoms with Crippen LogP contribution >= 0.6 is 0 Å². The van der Waals surface area contributed by atoms with Crippen molar-refractivity contribution >= 4 is 5.96 Å². The first-order chi connectivity index (χ1) is 10.8. The van der Waals surface area contributed by atoms with Crippen molar-refractivity contribution in [3.05, 3.63) is 35.9 Å². The molecule has 0 bridgehead atoms. The van der Waals surface area contributed by atoms with Gasteiger partial charge in [-0.05, 0) is 44.1 Å². The number of benzene rings is 1. The van der Waals surface area contributed by atoms with Crippen LogP contribution in [0.15, 0.2) is 35.3 Å². The SMILES string of the molecule is c1ccc(C2(CN=C(NC3CCCC3)NC3CC3)CC2)cc1. The molecule has 0 aliphatic heterocycles. The molecule has 3 fully saturated rings. The van der Waals surface area contributed by atoms with Crippen LogP contribution in [-0.4, -0.2) is 24.6 Å². The highest BCUT2D eigenvalue weighted by molar-refractivity contribution is 5.81. The third-order valence-corrected chi connectivity index (χ3v) is 5.39. The fourth-order valence-electron chi connectivity index (χ4n) is 3.53. The second kappa shape index (κ2) is 5.94. The van der Waals surface area contributed by atoms with Crippen molar-refractivity contribution in [2.24, 2.45) is 4.99 Å². The van der Waals surface area contributed by atoms with Crippen LogP contribution in [0.3, 0.4) is 0 Å². The second-order valence-electron chi connectivity index (χ2n) is 7.36. The zero-order valence-corrected chi connectivity index (χ0v) is 13.4. The number of guanidine groups is 1. The molecule has 0 amide bonds. The third-order valence-electron chi connectivity index (χ3n) is 5.39. The van der Waals surface area contributed by atoms with Gasteiger partial charge in [-0.1, -0.05) is 43.2 Å². The van der Waals surface area contributed by atoms with E-state index in [-0.39, 0.29) is 0 Å². The van der Waals surface area contributed by atoms with Crippen molar-refractivity contribution in [3.8, 4) is 0 Å². The van der Waals surface area contributed by atoms with Gasteiger partial charge in [-0.15, -0.1) is 0 Å². The Hall–Kier alpha value is -1.51. The van der Waals surface area contributed by atoms with Gasteiger partial charge in [0.15, 0.2) is 5.96 Å². The predicted octanol–water partition coefficient (Wildman–Crippen LogP) is 3.36. The van der Waals surface area contributed by atoms with Gasteiger partial charge < -0.3 is 10.6 Å². The Morgan fingerprint density at radius 2 is 1.59 bits per heavy atom. The van der Waals surface area contributed by atoms with E-state index in [1.165, 1.54) is 56.9 Å². The van der Waals surface area contributed by atoms with Crippen molar-refractivity contribution in [3.63, 3.8) is 0 Å². The zero-order valence-electron chi connectivity index (χ0n) is 13.4. The van der Waals surface area contributed by atoms with E-state index in [2.05, 4.69) is 41.0 Å². The minimum absolute atomic E-state index is 0.315. The summed E-state index contributed by atoms with van der Waals surface area (Å²) in [5.74, 6) is 1.07. The molecular formula is C19H27N3. The third kappa shape index (κ3) is 3.29. The van der Waals surface area contributed by atoms with Crippen LogP contribution in [0.25, 0.3) is 0 Å². The summed E-state index contributed by atoms with van der Waals surface area (Å²) in [7, 11) is 0. The molecule has 1 aromatic rings. The Morgan fingerprint density at radius 1 is 0.955 bits per heavy atom. The smallest absolute Gasteiger partial charge is 0.191 e. The van der Waals surface area contributed by atoms with Gasteiger partial charge in [-0.2, -0.15) is 0 Å². The summed E-state index contributed by atoms with van der Waals surface area (Å²) in [6.07, 6.45) is 10.5. The molecule has 3 heteroatoms. The van der Waals surface area contributed by atoms with E-state index in [4.69, 9.17) is 4.99 Å². The first-order valence-electron chi connectivity index (χ1n) is 8.97. The normalized spacial score (nSPS) is 24.3. The van der Waals surface area contributed by atoms with E-state index >= 15 is 0 Å². The minimum Gasteiger partial charge on any atom is -0.354 e. The van der Waals surface area contributed by atoms with E-state index in [9.17, 15) is 0 Å². The quantitative estimate of drug-likeness (QED) is 0.646. The van der Waals surface area contributed by atoms with Crippen LogP contribution in [0.2, 0.25) is 0 Å². The lowest BCUT2D eigenvalue weighted by Gasteiger charge is -2.19. The molecule has 3 nitrogen and oxygen atoms in total. The number of hydrogen-bond acceptors (Lipinski definition) is 1. The van der Waals surface area contributed by atoms with Crippen LogP contribution in [-0.2, 0) is 5.41 Å². The highest BCUT2D eigenvalue weighted by Gasteiger charge is 2.44. The Morgan fingerprint density at radius 3 is 2.18 bits per heavy atom. The van der Waals surface area contributed by atoms with Gasteiger partial charge in [0, 0.05) is 17.5 Å². The maximum atomic E-state index is 4.97. The van der Waals surface area contributed by atoms with E-state index < -0.39 is 0 Å². The molecule has 1 aromatic carbocycles. The zero-order chi connectivity index (χ0) is 14.8. The van der Waals surface area contributed by atoms with Crippen LogP contribution in [0.1, 0.15) is 56.9 Å². The standard InChI is InChI=1S/C19H27N3/c1-2-6-15(7-3-1)19(12-13-19)14-20-18(22-17-10-11-17)21-16-8-4-5-9-16/h1-3,6-7,16-17H,4-5,8-14H2,(H2,20,21,22). The van der Waals surface area contributed by atoms with E-state index in [1.807, 2.05) is 0 Å². The molecule has 3 aliphatic carbocycles. The molecule has 0 radical (unpaired) electrons. The van der Waals surface area contributed by atoms with Crippen LogP contribution in [0, 0.1) is 0 Å². The number of hydrogen-bond donors (Lipinski definition) is 2. The monoisotopic (exact) mass is 297 g/mol. The maximum absolute atomic E-state index is 4.97. The Labute approximate surface area is 133 Å². The van der Waals surface area contributed by atoms with Gasteiger partial charge in [-0.25, -0.2) is 0 Å². The first-order valence-corrected chi connectivity index (χ1v) is 8.97. The summed E-state index contributed by atoms with van der Waals surface area (Å²) in [4.78, 5) is 4.97. The van der Waals surface area contributed by atoms with E-state index in [1.54, 1.807) is 0 Å². The number of nitrogens with zero attached hydrogens (tertiary/aromatic N) is 1. The number of aliphatic imine (C=N–C) groups is 1. The lowest BCUT2D eigenvalue weighted by atomic mass is 9.96. The molecule has 118 valence electrons. The molecule has 2 N–H and O–H groups in total. The van der Waals surface area contributed by atoms with Crippen molar-refractivity contribution in [2.45, 2.75) is 68.9 Å². The fraction of sp³-hybridized carbons (Fsp3) is 0.632. The Kier molecular flexibility index (Phi) is 3.81. The van der Waals surface area contributed by atoms with Crippen LogP contribution in [0.4, 0.5) is 0 Å². The van der Waals surface area contributed by atoms with Crippen molar-refractivity contribution < 1.29 is 0 Å². The summed E-state index contributed by atoms with van der Waals surface area (Å²) >= 11 is 0. The van der Waals surface area contributed by atoms with Crippen LogP contribution in [0.5, 0.6) is 0 Å². The average molecular weight is 297 g/mol.